The van der Waals surface area contributed by atoms with Gasteiger partial charge in [-0.1, -0.05) is 0 Å². The van der Waals surface area contributed by atoms with E-state index in [1.807, 2.05) is 0 Å². The van der Waals surface area contributed by atoms with Crippen LogP contribution in [-0.2, 0) is 4.74 Å². The van der Waals surface area contributed by atoms with Crippen molar-refractivity contribution in [2.24, 2.45) is 0 Å². The van der Waals surface area contributed by atoms with Gasteiger partial charge in [-0.3, -0.25) is 5.32 Å². The van der Waals surface area contributed by atoms with E-state index in [1.165, 1.54) is 11.4 Å². The van der Waals surface area contributed by atoms with Crippen LogP contribution in [0, 0.1) is 5.82 Å². The Morgan fingerprint density at radius 2 is 2.21 bits per heavy atom. The second-order valence-corrected chi connectivity index (χ2v) is 4.67. The lowest BCUT2D eigenvalue weighted by atomic mass is 10.2. The zero-order valence-corrected chi connectivity index (χ0v) is 9.07. The average Bonchev–Trinajstić information content (AvgIpc) is 2.30. The average molecular weight is 217 g/mol. The number of anilines is 1. The van der Waals surface area contributed by atoms with E-state index < -0.39 is 11.7 Å². The lowest BCUT2D eigenvalue weighted by Crippen LogP contribution is -2.26. The molecule has 0 aliphatic heterocycles. The Kier molecular flexibility index (Phi) is 3.10. The van der Waals surface area contributed by atoms with Gasteiger partial charge in [0.05, 0.1) is 0 Å². The molecule has 0 aliphatic carbocycles. The second kappa shape index (κ2) is 3.96. The number of amides is 1. The predicted octanol–water partition coefficient (Wildman–Crippen LogP) is 3.23. The van der Waals surface area contributed by atoms with Crippen molar-refractivity contribution in [1.82, 2.24) is 0 Å². The summed E-state index contributed by atoms with van der Waals surface area (Å²) in [6, 6.07) is 1.24. The molecule has 1 amide bonds. The van der Waals surface area contributed by atoms with Crippen LogP contribution in [0.4, 0.5) is 14.2 Å². The molecule has 0 aliphatic rings. The third-order valence-electron chi connectivity index (χ3n) is 1.19. The van der Waals surface area contributed by atoms with E-state index in [1.54, 1.807) is 20.8 Å². The normalized spacial score (nSPS) is 11.1. The molecule has 0 spiro atoms. The van der Waals surface area contributed by atoms with E-state index in [4.69, 9.17) is 4.74 Å². The van der Waals surface area contributed by atoms with Crippen LogP contribution in [0.3, 0.4) is 0 Å². The molecule has 1 N–H and O–H groups in total. The van der Waals surface area contributed by atoms with Crippen LogP contribution in [0.5, 0.6) is 0 Å². The van der Waals surface area contributed by atoms with Gasteiger partial charge in [0.25, 0.3) is 0 Å². The zero-order chi connectivity index (χ0) is 10.8. The first kappa shape index (κ1) is 11.0. The van der Waals surface area contributed by atoms with Gasteiger partial charge >= 0.3 is 6.09 Å². The third-order valence-corrected chi connectivity index (χ3v) is 2.01. The Morgan fingerprint density at radius 1 is 1.57 bits per heavy atom. The highest BCUT2D eigenvalue weighted by atomic mass is 32.1. The second-order valence-electron chi connectivity index (χ2n) is 3.76. The van der Waals surface area contributed by atoms with E-state index >= 15 is 0 Å². The number of hydrogen-bond acceptors (Lipinski definition) is 3. The van der Waals surface area contributed by atoms with Crippen LogP contribution in [0.2, 0.25) is 0 Å². The highest BCUT2D eigenvalue weighted by molar-refractivity contribution is 7.14. The molecule has 1 aromatic heterocycles. The molecule has 0 saturated carbocycles. The molecule has 1 heterocycles. The van der Waals surface area contributed by atoms with Crippen molar-refractivity contribution in [2.75, 3.05) is 5.32 Å². The lowest BCUT2D eigenvalue weighted by molar-refractivity contribution is 0.0636. The van der Waals surface area contributed by atoms with Crippen LogP contribution >= 0.6 is 11.3 Å². The van der Waals surface area contributed by atoms with Gasteiger partial charge in [0.2, 0.25) is 0 Å². The molecule has 0 radical (unpaired) electrons. The van der Waals surface area contributed by atoms with E-state index in [0.29, 0.717) is 5.00 Å². The first-order chi connectivity index (χ1) is 6.37. The minimum atomic E-state index is -0.570. The molecule has 0 atom stereocenters. The molecule has 1 aromatic rings. The number of rotatable bonds is 1. The largest absolute Gasteiger partial charge is 0.444 e. The summed E-state index contributed by atoms with van der Waals surface area (Å²) in [5.74, 6) is -0.360. The molecule has 0 bridgehead atoms. The van der Waals surface area contributed by atoms with E-state index in [-0.39, 0.29) is 5.82 Å². The van der Waals surface area contributed by atoms with Crippen molar-refractivity contribution in [3.63, 3.8) is 0 Å². The highest BCUT2D eigenvalue weighted by Crippen LogP contribution is 2.19. The number of nitrogens with one attached hydrogen (secondary N) is 1. The lowest BCUT2D eigenvalue weighted by Gasteiger charge is -2.19. The molecule has 5 heteroatoms. The van der Waals surface area contributed by atoms with Crippen LogP contribution in [0.1, 0.15) is 20.8 Å². The van der Waals surface area contributed by atoms with Crippen LogP contribution < -0.4 is 5.32 Å². The van der Waals surface area contributed by atoms with Crippen molar-refractivity contribution in [3.8, 4) is 0 Å². The monoisotopic (exact) mass is 217 g/mol. The minimum Gasteiger partial charge on any atom is -0.444 e. The van der Waals surface area contributed by atoms with Gasteiger partial charge in [-0.05, 0) is 20.8 Å². The Morgan fingerprint density at radius 3 is 2.64 bits per heavy atom. The number of carbonyl (C=O) groups excluding carboxylic acids is 1. The maximum absolute atomic E-state index is 12.5. The molecule has 0 saturated heterocycles. The number of carbonyl (C=O) groups is 1. The summed E-state index contributed by atoms with van der Waals surface area (Å²) in [6.45, 7) is 5.30. The van der Waals surface area contributed by atoms with Crippen LogP contribution in [0.25, 0.3) is 0 Å². The third kappa shape index (κ3) is 3.74. The van der Waals surface area contributed by atoms with E-state index in [9.17, 15) is 9.18 Å². The summed E-state index contributed by atoms with van der Waals surface area (Å²) in [4.78, 5) is 11.2. The zero-order valence-electron chi connectivity index (χ0n) is 8.26. The highest BCUT2D eigenvalue weighted by Gasteiger charge is 2.16. The van der Waals surface area contributed by atoms with Crippen LogP contribution in [-0.4, -0.2) is 11.7 Å². The Balaban J connectivity index is 2.50. The molecule has 0 aromatic carbocycles. The van der Waals surface area contributed by atoms with Gasteiger partial charge in [0.1, 0.15) is 16.4 Å². The molecular weight excluding hydrogens is 205 g/mol. The molecule has 14 heavy (non-hydrogen) atoms. The summed E-state index contributed by atoms with van der Waals surface area (Å²) in [5.41, 5.74) is -0.542. The molecule has 0 unspecified atom stereocenters. The summed E-state index contributed by atoms with van der Waals surface area (Å²) in [5, 5.41) is 4.19. The Bertz CT molecular complexity index is 330. The molecule has 3 nitrogen and oxygen atoms in total. The SMILES string of the molecule is CC(C)(C)OC(=O)Nc1cc(F)cs1. The first-order valence-corrected chi connectivity index (χ1v) is 4.99. The van der Waals surface area contributed by atoms with Crippen molar-refractivity contribution in [2.45, 2.75) is 26.4 Å². The maximum Gasteiger partial charge on any atom is 0.412 e. The summed E-state index contributed by atoms with van der Waals surface area (Å²) < 4.78 is 17.5. The van der Waals surface area contributed by atoms with Gasteiger partial charge in [0.15, 0.2) is 0 Å². The first-order valence-electron chi connectivity index (χ1n) is 4.11. The summed E-state index contributed by atoms with van der Waals surface area (Å²) >= 11 is 1.12. The number of thiophene rings is 1. The van der Waals surface area contributed by atoms with Crippen LogP contribution in [0.15, 0.2) is 11.4 Å². The Labute approximate surface area is 85.9 Å². The van der Waals surface area contributed by atoms with Gasteiger partial charge in [0, 0.05) is 11.4 Å². The van der Waals surface area contributed by atoms with Crippen molar-refractivity contribution in [1.29, 1.82) is 0 Å². The maximum atomic E-state index is 12.5. The quantitative estimate of drug-likeness (QED) is 0.784. The molecule has 0 fully saturated rings. The fraction of sp³-hybridized carbons (Fsp3) is 0.444. The predicted molar refractivity (Wildman–Crippen MR) is 54.1 cm³/mol. The minimum absolute atomic E-state index is 0.360. The van der Waals surface area contributed by atoms with Gasteiger partial charge in [-0.25, -0.2) is 9.18 Å². The topological polar surface area (TPSA) is 38.3 Å². The van der Waals surface area contributed by atoms with E-state index in [2.05, 4.69) is 5.32 Å². The number of ether oxygens (including phenoxy) is 1. The summed E-state index contributed by atoms with van der Waals surface area (Å²) in [7, 11) is 0. The van der Waals surface area contributed by atoms with E-state index in [0.717, 1.165) is 11.3 Å². The standard InChI is InChI=1S/C9H12FNO2S/c1-9(2,3)13-8(12)11-7-4-6(10)5-14-7/h4-5H,1-3H3,(H,11,12). The molecule has 1 rings (SSSR count). The fourth-order valence-corrected chi connectivity index (χ4v) is 1.41. The molecular formula is C9H12FNO2S. The van der Waals surface area contributed by atoms with Gasteiger partial charge in [-0.15, -0.1) is 11.3 Å². The van der Waals surface area contributed by atoms with Crippen molar-refractivity contribution >= 4 is 22.4 Å². The van der Waals surface area contributed by atoms with Crippen molar-refractivity contribution < 1.29 is 13.9 Å². The smallest absolute Gasteiger partial charge is 0.412 e. The number of hydrogen-bond donors (Lipinski definition) is 1. The van der Waals surface area contributed by atoms with Crippen molar-refractivity contribution in [3.05, 3.63) is 17.3 Å². The van der Waals surface area contributed by atoms with Gasteiger partial charge < -0.3 is 4.74 Å². The van der Waals surface area contributed by atoms with Gasteiger partial charge in [-0.2, -0.15) is 0 Å². The Hall–Kier alpha value is -1.10. The summed E-state index contributed by atoms with van der Waals surface area (Å²) in [6.07, 6.45) is -0.570. The number of halogens is 1. The fourth-order valence-electron chi connectivity index (χ4n) is 0.783. The molecule has 78 valence electrons.